The fourth-order valence-corrected chi connectivity index (χ4v) is 4.97. The third-order valence-electron chi connectivity index (χ3n) is 6.75. The lowest BCUT2D eigenvalue weighted by Gasteiger charge is -2.37. The predicted molar refractivity (Wildman–Crippen MR) is 98.4 cm³/mol. The van der Waals surface area contributed by atoms with Gasteiger partial charge in [0.2, 0.25) is 0 Å². The molecular weight excluding hydrogens is 296 g/mol. The number of rotatable bonds is 3. The molecule has 2 saturated carbocycles. The molecule has 0 radical (unpaired) electrons. The number of carboxylic acid groups (broad SMARTS) is 1. The molecule has 0 aliphatic heterocycles. The Morgan fingerprint density at radius 3 is 2.00 bits per heavy atom. The largest absolute Gasteiger partial charge is 0.481 e. The Kier molecular flexibility index (Phi) is 4.77. The van der Waals surface area contributed by atoms with E-state index in [2.05, 4.69) is 45.0 Å². The van der Waals surface area contributed by atoms with Gasteiger partial charge in [0, 0.05) is 0 Å². The van der Waals surface area contributed by atoms with Gasteiger partial charge in [-0.1, -0.05) is 57.9 Å². The van der Waals surface area contributed by atoms with Crippen molar-refractivity contribution in [1.29, 1.82) is 0 Å². The minimum atomic E-state index is -0.640. The molecule has 1 N–H and O–H groups in total. The van der Waals surface area contributed by atoms with Crippen molar-refractivity contribution in [3.8, 4) is 0 Å². The van der Waals surface area contributed by atoms with Crippen molar-refractivity contribution in [2.45, 2.75) is 83.5 Å². The van der Waals surface area contributed by atoms with E-state index in [1.165, 1.54) is 31.2 Å². The average molecular weight is 328 g/mol. The topological polar surface area (TPSA) is 37.3 Å². The fourth-order valence-electron chi connectivity index (χ4n) is 4.97. The summed E-state index contributed by atoms with van der Waals surface area (Å²) in [6, 6.07) is 8.62. The normalized spacial score (nSPS) is 27.1. The SMILES string of the molecule is CC(C)(C)C1CCC(c2ccc(C3(C(=O)O)CCCC3)cc2)CC1. The van der Waals surface area contributed by atoms with E-state index < -0.39 is 11.4 Å². The molecule has 0 bridgehead atoms. The van der Waals surface area contributed by atoms with Crippen LogP contribution in [0.25, 0.3) is 0 Å². The quantitative estimate of drug-likeness (QED) is 0.749. The number of benzene rings is 1. The molecule has 1 aromatic carbocycles. The van der Waals surface area contributed by atoms with Gasteiger partial charge in [0.25, 0.3) is 0 Å². The monoisotopic (exact) mass is 328 g/mol. The van der Waals surface area contributed by atoms with Crippen LogP contribution < -0.4 is 0 Å². The van der Waals surface area contributed by atoms with E-state index in [9.17, 15) is 9.90 Å². The van der Waals surface area contributed by atoms with E-state index in [0.717, 1.165) is 37.2 Å². The lowest BCUT2D eigenvalue weighted by atomic mass is 9.68. The summed E-state index contributed by atoms with van der Waals surface area (Å²) in [5.41, 5.74) is 2.22. The molecule has 1 aromatic rings. The molecule has 132 valence electrons. The Morgan fingerprint density at radius 1 is 1.00 bits per heavy atom. The summed E-state index contributed by atoms with van der Waals surface area (Å²) in [6.45, 7) is 7.08. The molecule has 0 saturated heterocycles. The van der Waals surface area contributed by atoms with E-state index in [-0.39, 0.29) is 0 Å². The Balaban J connectivity index is 1.71. The zero-order chi connectivity index (χ0) is 17.4. The van der Waals surface area contributed by atoms with Crippen molar-refractivity contribution in [3.63, 3.8) is 0 Å². The molecule has 2 aliphatic carbocycles. The van der Waals surface area contributed by atoms with E-state index in [0.29, 0.717) is 11.3 Å². The van der Waals surface area contributed by atoms with Crippen LogP contribution in [0.1, 0.15) is 89.2 Å². The molecule has 24 heavy (non-hydrogen) atoms. The lowest BCUT2D eigenvalue weighted by Crippen LogP contribution is -2.32. The Labute approximate surface area is 146 Å². The number of aliphatic carboxylic acids is 1. The Bertz CT molecular complexity index is 565. The minimum Gasteiger partial charge on any atom is -0.481 e. The summed E-state index contributed by atoms with van der Waals surface area (Å²) in [5, 5.41) is 9.74. The van der Waals surface area contributed by atoms with E-state index >= 15 is 0 Å². The summed E-state index contributed by atoms with van der Waals surface area (Å²) < 4.78 is 0. The molecule has 3 rings (SSSR count). The Hall–Kier alpha value is -1.31. The van der Waals surface area contributed by atoms with Crippen LogP contribution in [0.2, 0.25) is 0 Å². The third-order valence-corrected chi connectivity index (χ3v) is 6.75. The van der Waals surface area contributed by atoms with Gasteiger partial charge in [-0.25, -0.2) is 0 Å². The highest BCUT2D eigenvalue weighted by atomic mass is 16.4. The maximum atomic E-state index is 11.8. The van der Waals surface area contributed by atoms with Crippen LogP contribution in [0.15, 0.2) is 24.3 Å². The van der Waals surface area contributed by atoms with Gasteiger partial charge in [-0.15, -0.1) is 0 Å². The highest BCUT2D eigenvalue weighted by Crippen LogP contribution is 2.45. The minimum absolute atomic E-state index is 0.422. The molecule has 2 aliphatic rings. The van der Waals surface area contributed by atoms with Crippen molar-refractivity contribution in [2.24, 2.45) is 11.3 Å². The first kappa shape index (κ1) is 17.5. The first-order valence-electron chi connectivity index (χ1n) is 9.67. The number of carbonyl (C=O) groups is 1. The summed E-state index contributed by atoms with van der Waals surface area (Å²) in [6.07, 6.45) is 8.81. The molecule has 2 heteroatoms. The highest BCUT2D eigenvalue weighted by molar-refractivity contribution is 5.81. The zero-order valence-electron chi connectivity index (χ0n) is 15.5. The van der Waals surface area contributed by atoms with Crippen molar-refractivity contribution in [1.82, 2.24) is 0 Å². The van der Waals surface area contributed by atoms with Gasteiger partial charge in [-0.2, -0.15) is 0 Å². The average Bonchev–Trinajstić information content (AvgIpc) is 3.05. The first-order valence-corrected chi connectivity index (χ1v) is 9.67. The smallest absolute Gasteiger partial charge is 0.314 e. The van der Waals surface area contributed by atoms with Crippen molar-refractivity contribution < 1.29 is 9.90 Å². The molecule has 0 spiro atoms. The maximum Gasteiger partial charge on any atom is 0.314 e. The molecule has 0 aromatic heterocycles. The summed E-state index contributed by atoms with van der Waals surface area (Å²) in [7, 11) is 0. The molecular formula is C22H32O2. The molecule has 0 amide bonds. The number of hydrogen-bond acceptors (Lipinski definition) is 1. The van der Waals surface area contributed by atoms with Crippen LogP contribution in [-0.4, -0.2) is 11.1 Å². The van der Waals surface area contributed by atoms with Gasteiger partial charge >= 0.3 is 5.97 Å². The van der Waals surface area contributed by atoms with Crippen LogP contribution in [0.3, 0.4) is 0 Å². The molecule has 0 atom stereocenters. The van der Waals surface area contributed by atoms with Crippen molar-refractivity contribution >= 4 is 5.97 Å². The standard InChI is InChI=1S/C22H32O2/c1-21(2,3)18-10-6-16(7-11-18)17-8-12-19(13-9-17)22(20(23)24)14-4-5-15-22/h8-9,12-13,16,18H,4-7,10-11,14-15H2,1-3H3,(H,23,24). The van der Waals surface area contributed by atoms with Gasteiger partial charge in [0.1, 0.15) is 0 Å². The van der Waals surface area contributed by atoms with Crippen LogP contribution in [0.4, 0.5) is 0 Å². The van der Waals surface area contributed by atoms with Crippen molar-refractivity contribution in [3.05, 3.63) is 35.4 Å². The van der Waals surface area contributed by atoms with E-state index in [4.69, 9.17) is 0 Å². The van der Waals surface area contributed by atoms with E-state index in [1.807, 2.05) is 0 Å². The molecule has 2 nitrogen and oxygen atoms in total. The second-order valence-electron chi connectivity index (χ2n) is 9.13. The summed E-state index contributed by atoms with van der Waals surface area (Å²) >= 11 is 0. The molecule has 2 fully saturated rings. The van der Waals surface area contributed by atoms with Crippen LogP contribution in [0.5, 0.6) is 0 Å². The fraction of sp³-hybridized carbons (Fsp3) is 0.682. The molecule has 0 unspecified atom stereocenters. The predicted octanol–water partition coefficient (Wildman–Crippen LogP) is 5.90. The second-order valence-corrected chi connectivity index (χ2v) is 9.13. The van der Waals surface area contributed by atoms with Gasteiger partial charge < -0.3 is 5.11 Å². The Morgan fingerprint density at radius 2 is 1.54 bits per heavy atom. The maximum absolute atomic E-state index is 11.8. The third kappa shape index (κ3) is 3.25. The molecule has 0 heterocycles. The van der Waals surface area contributed by atoms with Crippen molar-refractivity contribution in [2.75, 3.05) is 0 Å². The van der Waals surface area contributed by atoms with Crippen LogP contribution in [-0.2, 0) is 10.2 Å². The van der Waals surface area contributed by atoms with Gasteiger partial charge in [0.05, 0.1) is 5.41 Å². The lowest BCUT2D eigenvalue weighted by molar-refractivity contribution is -0.143. The zero-order valence-corrected chi connectivity index (χ0v) is 15.5. The number of carboxylic acids is 1. The van der Waals surface area contributed by atoms with Crippen LogP contribution >= 0.6 is 0 Å². The second kappa shape index (κ2) is 6.54. The van der Waals surface area contributed by atoms with Crippen LogP contribution in [0, 0.1) is 11.3 Å². The highest BCUT2D eigenvalue weighted by Gasteiger charge is 2.42. The summed E-state index contributed by atoms with van der Waals surface area (Å²) in [4.78, 5) is 11.8. The van der Waals surface area contributed by atoms with Gasteiger partial charge in [-0.3, -0.25) is 4.79 Å². The van der Waals surface area contributed by atoms with Gasteiger partial charge in [0.15, 0.2) is 0 Å². The first-order chi connectivity index (χ1) is 11.3. The van der Waals surface area contributed by atoms with E-state index in [1.54, 1.807) is 0 Å². The summed E-state index contributed by atoms with van der Waals surface area (Å²) in [5.74, 6) is 0.849. The number of hydrogen-bond donors (Lipinski definition) is 1. The van der Waals surface area contributed by atoms with Gasteiger partial charge in [-0.05, 0) is 66.9 Å².